The molecule has 0 bridgehead atoms. The lowest BCUT2D eigenvalue weighted by Gasteiger charge is -2.12. The number of halogens is 5. The molecule has 0 aliphatic heterocycles. The lowest BCUT2D eigenvalue weighted by molar-refractivity contribution is 0.0683. The molecule has 0 saturated heterocycles. The maximum atomic E-state index is 12.5. The van der Waals surface area contributed by atoms with Crippen LogP contribution in [0.2, 0.25) is 10.0 Å². The van der Waals surface area contributed by atoms with Crippen molar-refractivity contribution >= 4 is 95.8 Å². The molecule has 0 spiro atoms. The number of hydrogen-bond acceptors (Lipinski definition) is 13. The number of alkyl halides is 3. The lowest BCUT2D eigenvalue weighted by atomic mass is 10.3. The van der Waals surface area contributed by atoms with Crippen molar-refractivity contribution < 1.29 is 41.0 Å². The zero-order valence-electron chi connectivity index (χ0n) is 24.4. The summed E-state index contributed by atoms with van der Waals surface area (Å²) in [6, 6.07) is 6.96. The Morgan fingerprint density at radius 3 is 2.12 bits per heavy atom. The highest BCUT2D eigenvalue weighted by Crippen LogP contribution is 2.39. The monoisotopic (exact) mass is 804 g/mol. The summed E-state index contributed by atoms with van der Waals surface area (Å²) in [5.41, 5.74) is 0.289. The first-order valence-corrected chi connectivity index (χ1v) is 17.6. The Hall–Kier alpha value is -3.72. The summed E-state index contributed by atoms with van der Waals surface area (Å²) in [4.78, 5) is 37.4. The van der Waals surface area contributed by atoms with Crippen molar-refractivity contribution in [2.24, 2.45) is 0 Å². The Labute approximate surface area is 297 Å². The van der Waals surface area contributed by atoms with Crippen molar-refractivity contribution in [3.8, 4) is 17.4 Å². The average Bonchev–Trinajstić information content (AvgIpc) is 3.47. The fraction of sp³-hybridized carbons (Fsp3) is 0.208. The van der Waals surface area contributed by atoms with E-state index in [1.165, 1.54) is 51.5 Å². The minimum atomic E-state index is -4.61. The molecule has 0 aliphatic rings. The van der Waals surface area contributed by atoms with E-state index in [0.29, 0.717) is 5.02 Å². The number of benzene rings is 1. The summed E-state index contributed by atoms with van der Waals surface area (Å²) in [5, 5.41) is 14.6. The fourth-order valence-electron chi connectivity index (χ4n) is 3.34. The lowest BCUT2D eigenvalue weighted by Crippen LogP contribution is -2.36. The van der Waals surface area contributed by atoms with Gasteiger partial charge in [0.25, 0.3) is 15.8 Å². The molecule has 0 saturated carbocycles. The number of hydrogen-bond donors (Lipinski definition) is 3. The van der Waals surface area contributed by atoms with Gasteiger partial charge in [0.15, 0.2) is 20.7 Å². The number of sulfonamides is 1. The van der Waals surface area contributed by atoms with Gasteiger partial charge in [0.05, 0.1) is 36.7 Å². The topological polar surface area (TPSA) is 235 Å². The molecule has 0 unspecified atom stereocenters. The van der Waals surface area contributed by atoms with Gasteiger partial charge in [-0.1, -0.05) is 64.9 Å². The summed E-state index contributed by atoms with van der Waals surface area (Å²) in [6.45, 7) is 1.35. The molecule has 2 amide bonds. The van der Waals surface area contributed by atoms with Crippen LogP contribution in [0.3, 0.4) is 0 Å². The standard InChI is InChI=1S/C14H17N5O7S2.C10H4Cl5N3O2/c1-4-27(21,22)9-6-5-7-15-12(9)28(23,24)19-14(20)18-13-16-10(25-2)8-11(17-13)26-3;11-4-1-2-6(5(12)3-4)18-9(10(13,14)15)16-7(17-18)8(19)20/h5-8H,4H2,1-3H3,(H2,16,17,18,19,20);1-3H,(H,19,20). The normalized spacial score (nSPS) is 11.6. The van der Waals surface area contributed by atoms with Crippen LogP contribution in [0.15, 0.2) is 52.5 Å². The molecule has 3 heterocycles. The highest BCUT2D eigenvalue weighted by atomic mass is 35.6. The van der Waals surface area contributed by atoms with E-state index in [1.54, 1.807) is 4.72 Å². The Morgan fingerprint density at radius 2 is 1.60 bits per heavy atom. The van der Waals surface area contributed by atoms with Gasteiger partial charge in [-0.05, 0) is 30.3 Å². The van der Waals surface area contributed by atoms with Crippen LogP contribution in [0.25, 0.3) is 5.69 Å². The number of anilines is 1. The van der Waals surface area contributed by atoms with E-state index in [9.17, 15) is 26.4 Å². The summed E-state index contributed by atoms with van der Waals surface area (Å²) in [5.74, 6) is -2.58. The fourth-order valence-corrected chi connectivity index (χ4v) is 6.75. The number of carboxylic acids is 1. The third-order valence-electron chi connectivity index (χ3n) is 5.45. The minimum Gasteiger partial charge on any atom is -0.481 e. The van der Waals surface area contributed by atoms with E-state index in [2.05, 4.69) is 30.4 Å². The predicted octanol–water partition coefficient (Wildman–Crippen LogP) is 4.29. The molecule has 48 heavy (non-hydrogen) atoms. The first kappa shape index (κ1) is 38.7. The minimum absolute atomic E-state index is 0.0612. The van der Waals surface area contributed by atoms with E-state index in [1.807, 2.05) is 0 Å². The summed E-state index contributed by atoms with van der Waals surface area (Å²) in [6.07, 6.45) is 1.09. The molecule has 0 fully saturated rings. The molecule has 0 radical (unpaired) electrons. The molecule has 0 atom stereocenters. The molecule has 3 N–H and O–H groups in total. The Kier molecular flexibility index (Phi) is 12.6. The van der Waals surface area contributed by atoms with Gasteiger partial charge in [-0.2, -0.15) is 18.4 Å². The van der Waals surface area contributed by atoms with E-state index in [-0.39, 0.29) is 40.0 Å². The molecule has 1 aromatic carbocycles. The number of ether oxygens (including phenoxy) is 2. The quantitative estimate of drug-likeness (QED) is 0.200. The number of aromatic nitrogens is 6. The number of sulfone groups is 1. The van der Waals surface area contributed by atoms with Crippen LogP contribution in [0.4, 0.5) is 10.7 Å². The highest BCUT2D eigenvalue weighted by Gasteiger charge is 2.33. The second-order valence-electron chi connectivity index (χ2n) is 8.62. The van der Waals surface area contributed by atoms with Gasteiger partial charge in [0.2, 0.25) is 21.5 Å². The summed E-state index contributed by atoms with van der Waals surface area (Å²) >= 11 is 29.1. The maximum Gasteiger partial charge on any atom is 0.375 e. The Balaban J connectivity index is 0.000000275. The first-order chi connectivity index (χ1) is 22.3. The van der Waals surface area contributed by atoms with Crippen LogP contribution in [-0.4, -0.2) is 83.6 Å². The number of nitrogens with zero attached hydrogens (tertiary/aromatic N) is 6. The van der Waals surface area contributed by atoms with E-state index in [4.69, 9.17) is 72.6 Å². The van der Waals surface area contributed by atoms with Crippen LogP contribution in [0.1, 0.15) is 23.4 Å². The average molecular weight is 807 g/mol. The number of aromatic carboxylic acids is 1. The van der Waals surface area contributed by atoms with Gasteiger partial charge >= 0.3 is 12.0 Å². The van der Waals surface area contributed by atoms with Crippen molar-refractivity contribution in [2.75, 3.05) is 25.3 Å². The van der Waals surface area contributed by atoms with Crippen LogP contribution in [0, 0.1) is 0 Å². The molecule has 24 heteroatoms. The van der Waals surface area contributed by atoms with Crippen LogP contribution >= 0.6 is 58.0 Å². The van der Waals surface area contributed by atoms with Crippen molar-refractivity contribution in [3.05, 3.63) is 64.3 Å². The number of carbonyl (C=O) groups excluding carboxylic acids is 1. The van der Waals surface area contributed by atoms with Crippen molar-refractivity contribution in [2.45, 2.75) is 20.6 Å². The van der Waals surface area contributed by atoms with E-state index >= 15 is 0 Å². The predicted molar refractivity (Wildman–Crippen MR) is 174 cm³/mol. The number of amides is 2. The van der Waals surface area contributed by atoms with Gasteiger partial charge in [-0.15, -0.1) is 5.10 Å². The second kappa shape index (κ2) is 15.7. The molecule has 0 aliphatic carbocycles. The van der Waals surface area contributed by atoms with Gasteiger partial charge in [0, 0.05) is 11.2 Å². The van der Waals surface area contributed by atoms with Crippen molar-refractivity contribution in [3.63, 3.8) is 0 Å². The number of methoxy groups -OCH3 is 2. The molecule has 258 valence electrons. The van der Waals surface area contributed by atoms with Crippen LogP contribution < -0.4 is 19.5 Å². The molecule has 3 aromatic heterocycles. The maximum absolute atomic E-state index is 12.5. The Morgan fingerprint density at radius 1 is 0.979 bits per heavy atom. The molecule has 4 rings (SSSR count). The third kappa shape index (κ3) is 9.68. The van der Waals surface area contributed by atoms with E-state index < -0.39 is 51.4 Å². The molecule has 4 aromatic rings. The van der Waals surface area contributed by atoms with Gasteiger partial charge in [-0.25, -0.2) is 37.4 Å². The number of rotatable bonds is 9. The van der Waals surface area contributed by atoms with Gasteiger partial charge in [-0.3, -0.25) is 5.32 Å². The van der Waals surface area contributed by atoms with Gasteiger partial charge in [0.1, 0.15) is 4.90 Å². The number of carbonyl (C=O) groups is 2. The zero-order valence-corrected chi connectivity index (χ0v) is 29.8. The van der Waals surface area contributed by atoms with Crippen molar-refractivity contribution in [1.29, 1.82) is 0 Å². The summed E-state index contributed by atoms with van der Waals surface area (Å²) in [7, 11) is -5.85. The van der Waals surface area contributed by atoms with E-state index in [0.717, 1.165) is 16.9 Å². The number of nitrogens with one attached hydrogen (secondary N) is 2. The zero-order chi connectivity index (χ0) is 36.0. The van der Waals surface area contributed by atoms with Crippen LogP contribution in [-0.2, 0) is 23.7 Å². The Bertz CT molecular complexity index is 2040. The molecular weight excluding hydrogens is 786 g/mol. The molecular formula is C24H21Cl5N8O9S2. The smallest absolute Gasteiger partial charge is 0.375 e. The van der Waals surface area contributed by atoms with Crippen LogP contribution in [0.5, 0.6) is 11.8 Å². The number of carboxylic acid groups (broad SMARTS) is 1. The first-order valence-electron chi connectivity index (χ1n) is 12.5. The van der Waals surface area contributed by atoms with Crippen molar-refractivity contribution in [1.82, 2.24) is 34.4 Å². The SMILES string of the molecule is CCS(=O)(=O)c1cccnc1S(=O)(=O)NC(=O)Nc1nc(OC)cc(OC)n1.O=C(O)c1nc(C(Cl)(Cl)Cl)n(-c2ccc(Cl)cc2Cl)n1. The number of pyridine rings is 1. The largest absolute Gasteiger partial charge is 0.481 e. The van der Waals surface area contributed by atoms with Gasteiger partial charge < -0.3 is 14.6 Å². The highest BCUT2D eigenvalue weighted by molar-refractivity contribution is 7.93. The third-order valence-corrected chi connectivity index (χ3v) is 9.67. The number of urea groups is 1. The second-order valence-corrected chi connectivity index (χ2v) is 15.6. The summed E-state index contributed by atoms with van der Waals surface area (Å²) < 4.78 is 59.7. The molecule has 17 nitrogen and oxygen atoms in total.